The van der Waals surface area contributed by atoms with Crippen molar-refractivity contribution < 1.29 is 9.53 Å². The van der Waals surface area contributed by atoms with Crippen LogP contribution in [0.1, 0.15) is 58.3 Å². The van der Waals surface area contributed by atoms with Gasteiger partial charge in [-0.1, -0.05) is 45.4 Å². The van der Waals surface area contributed by atoms with Crippen molar-refractivity contribution >= 4 is 17.3 Å². The Morgan fingerprint density at radius 3 is 2.48 bits per heavy atom. The molecule has 0 spiro atoms. The first kappa shape index (κ1) is 17.3. The number of benzene rings is 1. The van der Waals surface area contributed by atoms with Crippen LogP contribution in [0, 0.1) is 0 Å². The zero-order chi connectivity index (χ0) is 15.5. The topological polar surface area (TPSA) is 64.4 Å². The van der Waals surface area contributed by atoms with Gasteiger partial charge in [0.15, 0.2) is 0 Å². The predicted molar refractivity (Wildman–Crippen MR) is 88.6 cm³/mol. The van der Waals surface area contributed by atoms with Crippen LogP contribution in [0.2, 0.25) is 0 Å². The molecule has 0 atom stereocenters. The summed E-state index contributed by atoms with van der Waals surface area (Å²) in [6, 6.07) is 5.28. The number of hydrogen-bond acceptors (Lipinski definition) is 3. The van der Waals surface area contributed by atoms with Gasteiger partial charge >= 0.3 is 0 Å². The van der Waals surface area contributed by atoms with E-state index < -0.39 is 0 Å². The second kappa shape index (κ2) is 10.1. The molecule has 0 saturated carbocycles. The van der Waals surface area contributed by atoms with Crippen molar-refractivity contribution in [1.29, 1.82) is 0 Å². The van der Waals surface area contributed by atoms with E-state index in [4.69, 9.17) is 10.5 Å². The number of carbonyl (C=O) groups excluding carboxylic acids is 1. The molecule has 0 fully saturated rings. The van der Waals surface area contributed by atoms with Crippen LogP contribution in [0.3, 0.4) is 0 Å². The standard InChI is InChI=1S/C17H28N2O2/c1-3-4-5-6-7-8-9-10-17(20)19-14-11-12-15(18)16(13-14)21-2/h11-13H,3-10,18H2,1-2H3,(H,19,20). The Kier molecular flexibility index (Phi) is 8.32. The predicted octanol–water partition coefficient (Wildman–Crippen LogP) is 4.36. The van der Waals surface area contributed by atoms with Crippen LogP contribution in [0.4, 0.5) is 11.4 Å². The van der Waals surface area contributed by atoms with Crippen molar-refractivity contribution in [3.8, 4) is 5.75 Å². The van der Waals surface area contributed by atoms with E-state index in [0.717, 1.165) is 18.5 Å². The van der Waals surface area contributed by atoms with Crippen LogP contribution in [-0.4, -0.2) is 13.0 Å². The van der Waals surface area contributed by atoms with Crippen LogP contribution in [-0.2, 0) is 4.79 Å². The van der Waals surface area contributed by atoms with E-state index in [1.165, 1.54) is 32.1 Å². The molecule has 0 unspecified atom stereocenters. The molecule has 1 aromatic rings. The maximum absolute atomic E-state index is 11.8. The Labute approximate surface area is 128 Å². The largest absolute Gasteiger partial charge is 0.495 e. The van der Waals surface area contributed by atoms with Gasteiger partial charge < -0.3 is 15.8 Å². The van der Waals surface area contributed by atoms with E-state index in [-0.39, 0.29) is 5.91 Å². The number of methoxy groups -OCH3 is 1. The number of rotatable bonds is 10. The van der Waals surface area contributed by atoms with Crippen LogP contribution < -0.4 is 15.8 Å². The Balaban J connectivity index is 2.21. The second-order valence-electron chi connectivity index (χ2n) is 5.38. The molecule has 118 valence electrons. The zero-order valence-electron chi connectivity index (χ0n) is 13.3. The average molecular weight is 292 g/mol. The monoisotopic (exact) mass is 292 g/mol. The Bertz CT molecular complexity index is 433. The van der Waals surface area contributed by atoms with Gasteiger partial charge in [0.1, 0.15) is 5.75 Å². The van der Waals surface area contributed by atoms with Crippen molar-refractivity contribution in [2.75, 3.05) is 18.2 Å². The fraction of sp³-hybridized carbons (Fsp3) is 0.588. The van der Waals surface area contributed by atoms with E-state index in [0.29, 0.717) is 17.9 Å². The number of anilines is 2. The summed E-state index contributed by atoms with van der Waals surface area (Å²) in [6.45, 7) is 2.22. The van der Waals surface area contributed by atoms with E-state index in [9.17, 15) is 4.79 Å². The molecule has 0 aromatic heterocycles. The molecule has 1 amide bonds. The summed E-state index contributed by atoms with van der Waals surface area (Å²) in [6.07, 6.45) is 9.06. The number of nitrogen functional groups attached to an aromatic ring is 1. The lowest BCUT2D eigenvalue weighted by Crippen LogP contribution is -2.11. The minimum Gasteiger partial charge on any atom is -0.495 e. The summed E-state index contributed by atoms with van der Waals surface area (Å²) in [5.74, 6) is 0.638. The van der Waals surface area contributed by atoms with Gasteiger partial charge in [0, 0.05) is 18.2 Å². The summed E-state index contributed by atoms with van der Waals surface area (Å²) in [4.78, 5) is 11.8. The number of nitrogens with one attached hydrogen (secondary N) is 1. The van der Waals surface area contributed by atoms with Gasteiger partial charge in [-0.15, -0.1) is 0 Å². The highest BCUT2D eigenvalue weighted by atomic mass is 16.5. The number of hydrogen-bond donors (Lipinski definition) is 2. The number of ether oxygens (including phenoxy) is 1. The number of amides is 1. The van der Waals surface area contributed by atoms with E-state index in [1.807, 2.05) is 0 Å². The third-order valence-corrected chi connectivity index (χ3v) is 3.52. The quantitative estimate of drug-likeness (QED) is 0.497. The molecule has 0 aliphatic rings. The highest BCUT2D eigenvalue weighted by Gasteiger charge is 2.05. The van der Waals surface area contributed by atoms with Gasteiger partial charge in [0.2, 0.25) is 5.91 Å². The molecule has 3 N–H and O–H groups in total. The first-order valence-electron chi connectivity index (χ1n) is 7.90. The zero-order valence-corrected chi connectivity index (χ0v) is 13.3. The van der Waals surface area contributed by atoms with Crippen LogP contribution in [0.5, 0.6) is 5.75 Å². The van der Waals surface area contributed by atoms with Crippen LogP contribution >= 0.6 is 0 Å². The lowest BCUT2D eigenvalue weighted by atomic mass is 10.1. The first-order chi connectivity index (χ1) is 10.2. The highest BCUT2D eigenvalue weighted by Crippen LogP contribution is 2.25. The molecule has 0 saturated heterocycles. The van der Waals surface area contributed by atoms with Crippen molar-refractivity contribution in [3.05, 3.63) is 18.2 Å². The Morgan fingerprint density at radius 1 is 1.14 bits per heavy atom. The lowest BCUT2D eigenvalue weighted by molar-refractivity contribution is -0.116. The van der Waals surface area contributed by atoms with Gasteiger partial charge in [-0.25, -0.2) is 0 Å². The molecule has 4 heteroatoms. The molecule has 1 rings (SSSR count). The van der Waals surface area contributed by atoms with E-state index in [2.05, 4.69) is 12.2 Å². The van der Waals surface area contributed by atoms with E-state index in [1.54, 1.807) is 25.3 Å². The Morgan fingerprint density at radius 2 is 1.81 bits per heavy atom. The van der Waals surface area contributed by atoms with E-state index >= 15 is 0 Å². The van der Waals surface area contributed by atoms with Crippen LogP contribution in [0.25, 0.3) is 0 Å². The summed E-state index contributed by atoms with van der Waals surface area (Å²) < 4.78 is 5.14. The molecule has 4 nitrogen and oxygen atoms in total. The minimum atomic E-state index is 0.0513. The molecule has 0 aliphatic heterocycles. The lowest BCUT2D eigenvalue weighted by Gasteiger charge is -2.09. The molecular weight excluding hydrogens is 264 g/mol. The van der Waals surface area contributed by atoms with Gasteiger partial charge in [0.05, 0.1) is 12.8 Å². The summed E-state index contributed by atoms with van der Waals surface area (Å²) >= 11 is 0. The Hall–Kier alpha value is -1.71. The number of carbonyl (C=O) groups is 1. The van der Waals surface area contributed by atoms with Crippen molar-refractivity contribution in [3.63, 3.8) is 0 Å². The highest BCUT2D eigenvalue weighted by molar-refractivity contribution is 5.91. The molecular formula is C17H28N2O2. The van der Waals surface area contributed by atoms with Gasteiger partial charge in [-0.05, 0) is 18.6 Å². The molecule has 0 bridgehead atoms. The fourth-order valence-corrected chi connectivity index (χ4v) is 2.26. The number of nitrogens with two attached hydrogens (primary N) is 1. The summed E-state index contributed by atoms with van der Waals surface area (Å²) in [5, 5.41) is 2.88. The van der Waals surface area contributed by atoms with Crippen molar-refractivity contribution in [1.82, 2.24) is 0 Å². The maximum atomic E-state index is 11.8. The molecule has 0 aliphatic carbocycles. The van der Waals surface area contributed by atoms with Crippen molar-refractivity contribution in [2.45, 2.75) is 58.3 Å². The summed E-state index contributed by atoms with van der Waals surface area (Å²) in [5.41, 5.74) is 7.04. The molecule has 0 radical (unpaired) electrons. The SMILES string of the molecule is CCCCCCCCCC(=O)Nc1ccc(N)c(OC)c1. The molecule has 1 aromatic carbocycles. The molecule has 21 heavy (non-hydrogen) atoms. The number of unbranched alkanes of at least 4 members (excludes halogenated alkanes) is 6. The van der Waals surface area contributed by atoms with Gasteiger partial charge in [-0.2, -0.15) is 0 Å². The van der Waals surface area contributed by atoms with Gasteiger partial charge in [-0.3, -0.25) is 4.79 Å². The third-order valence-electron chi connectivity index (χ3n) is 3.52. The maximum Gasteiger partial charge on any atom is 0.224 e. The third kappa shape index (κ3) is 7.02. The second-order valence-corrected chi connectivity index (χ2v) is 5.38. The van der Waals surface area contributed by atoms with Crippen LogP contribution in [0.15, 0.2) is 18.2 Å². The average Bonchev–Trinajstić information content (AvgIpc) is 2.48. The van der Waals surface area contributed by atoms with Crippen molar-refractivity contribution in [2.24, 2.45) is 0 Å². The minimum absolute atomic E-state index is 0.0513. The fourth-order valence-electron chi connectivity index (χ4n) is 2.26. The van der Waals surface area contributed by atoms with Gasteiger partial charge in [0.25, 0.3) is 0 Å². The first-order valence-corrected chi connectivity index (χ1v) is 7.90. The molecule has 0 heterocycles. The smallest absolute Gasteiger partial charge is 0.224 e. The summed E-state index contributed by atoms with van der Waals surface area (Å²) in [7, 11) is 1.57. The normalized spacial score (nSPS) is 10.4.